The summed E-state index contributed by atoms with van der Waals surface area (Å²) in [7, 11) is 0. The standard InChI is InChI=1S/C18H12F3N3O2S/c19-18(20,21)13-8-27-17-15(22-9-24(13)17)23-16(26)14(25)12-6-5-10-3-1-2-4-11(10)7-12/h1-9,14,25H,(H,23,26)/t14-/m1/s1. The largest absolute Gasteiger partial charge is 0.432 e. The van der Waals surface area contributed by atoms with Crippen molar-refractivity contribution in [2.24, 2.45) is 0 Å². The molecular formula is C18H12F3N3O2S. The number of carbonyl (C=O) groups is 1. The van der Waals surface area contributed by atoms with E-state index in [2.05, 4.69) is 10.3 Å². The molecule has 4 rings (SSSR count). The van der Waals surface area contributed by atoms with E-state index in [-0.39, 0.29) is 10.6 Å². The first-order valence-electron chi connectivity index (χ1n) is 7.84. The first-order chi connectivity index (χ1) is 12.8. The SMILES string of the molecule is O=C(Nc1ncn2c(C(F)(F)F)csc12)[C@H](O)c1ccc2ccccc2c1. The van der Waals surface area contributed by atoms with Gasteiger partial charge in [0.25, 0.3) is 5.91 Å². The molecule has 9 heteroatoms. The van der Waals surface area contributed by atoms with Gasteiger partial charge in [0.05, 0.1) is 0 Å². The molecule has 0 fully saturated rings. The minimum atomic E-state index is -4.52. The average Bonchev–Trinajstić information content (AvgIpc) is 3.23. The van der Waals surface area contributed by atoms with E-state index < -0.39 is 23.9 Å². The molecule has 0 aliphatic rings. The summed E-state index contributed by atoms with van der Waals surface area (Å²) < 4.78 is 39.7. The van der Waals surface area contributed by atoms with Gasteiger partial charge in [-0.3, -0.25) is 9.20 Å². The van der Waals surface area contributed by atoms with Gasteiger partial charge < -0.3 is 10.4 Å². The molecule has 0 aliphatic heterocycles. The molecule has 1 amide bonds. The highest BCUT2D eigenvalue weighted by Crippen LogP contribution is 2.35. The molecule has 0 saturated heterocycles. The molecular weight excluding hydrogens is 379 g/mol. The highest BCUT2D eigenvalue weighted by Gasteiger charge is 2.35. The molecule has 2 heterocycles. The third-order valence-electron chi connectivity index (χ3n) is 4.14. The van der Waals surface area contributed by atoms with Crippen LogP contribution in [0.4, 0.5) is 19.0 Å². The van der Waals surface area contributed by atoms with Crippen LogP contribution in [0.25, 0.3) is 15.6 Å². The number of hydrogen-bond donors (Lipinski definition) is 2. The van der Waals surface area contributed by atoms with E-state index in [4.69, 9.17) is 0 Å². The van der Waals surface area contributed by atoms with Crippen LogP contribution in [0.2, 0.25) is 0 Å². The van der Waals surface area contributed by atoms with Crippen molar-refractivity contribution in [3.63, 3.8) is 0 Å². The van der Waals surface area contributed by atoms with E-state index in [1.165, 1.54) is 0 Å². The van der Waals surface area contributed by atoms with Crippen LogP contribution in [0, 0.1) is 0 Å². The van der Waals surface area contributed by atoms with Crippen molar-refractivity contribution in [3.8, 4) is 0 Å². The molecule has 5 nitrogen and oxygen atoms in total. The minimum absolute atomic E-state index is 0.0275. The fourth-order valence-electron chi connectivity index (χ4n) is 2.79. The van der Waals surface area contributed by atoms with E-state index in [0.717, 1.165) is 38.2 Å². The number of benzene rings is 2. The number of amides is 1. The number of imidazole rings is 1. The maximum atomic E-state index is 12.9. The van der Waals surface area contributed by atoms with Crippen LogP contribution < -0.4 is 5.32 Å². The number of fused-ring (bicyclic) bond motifs is 2. The second-order valence-electron chi connectivity index (χ2n) is 5.89. The number of nitrogens with one attached hydrogen (secondary N) is 1. The van der Waals surface area contributed by atoms with Crippen molar-refractivity contribution in [2.45, 2.75) is 12.3 Å². The zero-order valence-corrected chi connectivity index (χ0v) is 14.4. The lowest BCUT2D eigenvalue weighted by Gasteiger charge is -2.11. The Hall–Kier alpha value is -2.91. The molecule has 0 unspecified atom stereocenters. The van der Waals surface area contributed by atoms with Gasteiger partial charge in [-0.15, -0.1) is 11.3 Å². The van der Waals surface area contributed by atoms with Gasteiger partial charge >= 0.3 is 6.18 Å². The molecule has 0 aliphatic carbocycles. The summed E-state index contributed by atoms with van der Waals surface area (Å²) in [5.74, 6) is -0.798. The Bertz CT molecular complexity index is 1150. The van der Waals surface area contributed by atoms with E-state index in [9.17, 15) is 23.1 Å². The lowest BCUT2D eigenvalue weighted by atomic mass is 10.0. The number of aliphatic hydroxyl groups excluding tert-OH is 1. The number of nitrogens with zero attached hydrogens (tertiary/aromatic N) is 2. The molecule has 27 heavy (non-hydrogen) atoms. The summed E-state index contributed by atoms with van der Waals surface area (Å²) in [5, 5.41) is 15.5. The number of halogens is 3. The Morgan fingerprint density at radius 2 is 1.93 bits per heavy atom. The highest BCUT2D eigenvalue weighted by molar-refractivity contribution is 7.16. The van der Waals surface area contributed by atoms with Crippen LogP contribution in [-0.4, -0.2) is 20.4 Å². The van der Waals surface area contributed by atoms with Gasteiger partial charge in [0.1, 0.15) is 16.9 Å². The second kappa shape index (κ2) is 6.36. The van der Waals surface area contributed by atoms with Crippen LogP contribution in [0.1, 0.15) is 17.4 Å². The fourth-order valence-corrected chi connectivity index (χ4v) is 3.74. The summed E-state index contributed by atoms with van der Waals surface area (Å²) in [6.07, 6.45) is -5.01. The third kappa shape index (κ3) is 3.15. The smallest absolute Gasteiger partial charge is 0.378 e. The van der Waals surface area contributed by atoms with Crippen molar-refractivity contribution < 1.29 is 23.1 Å². The first kappa shape index (κ1) is 17.5. The molecule has 0 bridgehead atoms. The fraction of sp³-hybridized carbons (Fsp3) is 0.111. The average molecular weight is 391 g/mol. The van der Waals surface area contributed by atoms with Gasteiger partial charge in [0, 0.05) is 5.38 Å². The number of aromatic nitrogens is 2. The van der Waals surface area contributed by atoms with Gasteiger partial charge in [-0.25, -0.2) is 4.98 Å². The highest BCUT2D eigenvalue weighted by atomic mass is 32.1. The number of aliphatic hydroxyl groups is 1. The van der Waals surface area contributed by atoms with Gasteiger partial charge in [0.2, 0.25) is 0 Å². The summed E-state index contributed by atoms with van der Waals surface area (Å²) >= 11 is 0.810. The number of rotatable bonds is 3. The number of alkyl halides is 3. The maximum Gasteiger partial charge on any atom is 0.432 e. The van der Waals surface area contributed by atoms with E-state index >= 15 is 0 Å². The Kier molecular flexibility index (Phi) is 4.12. The molecule has 138 valence electrons. The van der Waals surface area contributed by atoms with Crippen molar-refractivity contribution in [1.82, 2.24) is 9.38 Å². The molecule has 0 radical (unpaired) electrons. The molecule has 2 aromatic heterocycles. The number of hydrogen-bond acceptors (Lipinski definition) is 4. The Balaban J connectivity index is 1.59. The van der Waals surface area contributed by atoms with Crippen molar-refractivity contribution in [1.29, 1.82) is 0 Å². The predicted octanol–water partition coefficient (Wildman–Crippen LogP) is 4.24. The first-order valence-corrected chi connectivity index (χ1v) is 8.72. The van der Waals surface area contributed by atoms with Gasteiger partial charge in [-0.05, 0) is 22.4 Å². The molecule has 2 N–H and O–H groups in total. The van der Waals surface area contributed by atoms with Crippen LogP contribution in [0.15, 0.2) is 54.2 Å². The second-order valence-corrected chi connectivity index (χ2v) is 6.74. The Morgan fingerprint density at radius 3 is 2.67 bits per heavy atom. The van der Waals surface area contributed by atoms with Crippen LogP contribution in [-0.2, 0) is 11.0 Å². The predicted molar refractivity (Wildman–Crippen MR) is 95.6 cm³/mol. The third-order valence-corrected chi connectivity index (χ3v) is 5.09. The summed E-state index contributed by atoms with van der Waals surface area (Å²) in [6.45, 7) is 0. The lowest BCUT2D eigenvalue weighted by Crippen LogP contribution is -2.21. The molecule has 2 aromatic carbocycles. The van der Waals surface area contributed by atoms with E-state index in [0.29, 0.717) is 5.56 Å². The molecule has 0 saturated carbocycles. The monoisotopic (exact) mass is 391 g/mol. The van der Waals surface area contributed by atoms with Crippen molar-refractivity contribution in [2.75, 3.05) is 5.32 Å². The summed E-state index contributed by atoms with van der Waals surface area (Å²) in [5.41, 5.74) is -0.491. The molecule has 0 spiro atoms. The molecule has 4 aromatic rings. The molecule has 1 atom stereocenters. The Morgan fingerprint density at radius 1 is 1.19 bits per heavy atom. The van der Waals surface area contributed by atoms with E-state index in [1.807, 2.05) is 24.3 Å². The zero-order chi connectivity index (χ0) is 19.2. The number of anilines is 1. The van der Waals surface area contributed by atoms with Crippen LogP contribution in [0.5, 0.6) is 0 Å². The minimum Gasteiger partial charge on any atom is -0.378 e. The maximum absolute atomic E-state index is 12.9. The summed E-state index contributed by atoms with van der Waals surface area (Å²) in [6, 6.07) is 12.6. The van der Waals surface area contributed by atoms with E-state index in [1.54, 1.807) is 18.2 Å². The van der Waals surface area contributed by atoms with Crippen LogP contribution >= 0.6 is 11.3 Å². The Labute approximate surface area is 154 Å². The quantitative estimate of drug-likeness (QED) is 0.549. The number of carbonyl (C=O) groups excluding carboxylic acids is 1. The summed E-state index contributed by atoms with van der Waals surface area (Å²) in [4.78, 5) is 16.3. The zero-order valence-electron chi connectivity index (χ0n) is 13.6. The van der Waals surface area contributed by atoms with Crippen LogP contribution in [0.3, 0.4) is 0 Å². The lowest BCUT2D eigenvalue weighted by molar-refractivity contribution is -0.141. The topological polar surface area (TPSA) is 66.6 Å². The van der Waals surface area contributed by atoms with Crippen molar-refractivity contribution in [3.05, 3.63) is 65.4 Å². The normalized spacial score (nSPS) is 13.2. The van der Waals surface area contributed by atoms with Gasteiger partial charge in [-0.2, -0.15) is 13.2 Å². The van der Waals surface area contributed by atoms with Crippen molar-refractivity contribution >= 4 is 38.7 Å². The number of thiazole rings is 1. The van der Waals surface area contributed by atoms with Gasteiger partial charge in [-0.1, -0.05) is 36.4 Å². The van der Waals surface area contributed by atoms with Gasteiger partial charge in [0.15, 0.2) is 11.9 Å².